The molecule has 0 aliphatic heterocycles. The highest BCUT2D eigenvalue weighted by Gasteiger charge is 2.22. The summed E-state index contributed by atoms with van der Waals surface area (Å²) in [5.41, 5.74) is 0.670. The summed E-state index contributed by atoms with van der Waals surface area (Å²) in [5.74, 6) is 0.377. The van der Waals surface area contributed by atoms with Gasteiger partial charge < -0.3 is 10.6 Å². The molecule has 1 heterocycles. The fourth-order valence-corrected chi connectivity index (χ4v) is 2.08. The number of hydrogen-bond donors (Lipinski definition) is 2. The molecule has 0 aliphatic rings. The first-order valence-electron chi connectivity index (χ1n) is 6.84. The summed E-state index contributed by atoms with van der Waals surface area (Å²) in [4.78, 5) is 18.7. The molecule has 8 heteroatoms. The lowest BCUT2D eigenvalue weighted by Crippen LogP contribution is -2.10. The van der Waals surface area contributed by atoms with Gasteiger partial charge in [-0.2, -0.15) is 0 Å². The van der Waals surface area contributed by atoms with Gasteiger partial charge in [-0.3, -0.25) is 10.1 Å². The zero-order chi connectivity index (χ0) is 15.9. The number of hydrogen-bond acceptors (Lipinski definition) is 6. The summed E-state index contributed by atoms with van der Waals surface area (Å²) in [6.07, 6.45) is 2.13. The van der Waals surface area contributed by atoms with Crippen molar-refractivity contribution in [3.63, 3.8) is 0 Å². The average molecular weight is 322 g/mol. The normalized spacial score (nSPS) is 10.3. The summed E-state index contributed by atoms with van der Waals surface area (Å²) < 4.78 is 0. The van der Waals surface area contributed by atoms with Crippen LogP contribution >= 0.6 is 11.6 Å². The first-order chi connectivity index (χ1) is 10.6. The van der Waals surface area contributed by atoms with Gasteiger partial charge in [-0.1, -0.05) is 36.7 Å². The molecule has 0 spiro atoms. The van der Waals surface area contributed by atoms with E-state index in [1.54, 1.807) is 6.07 Å². The molecule has 116 valence electrons. The molecule has 0 amide bonds. The smallest absolute Gasteiger partial charge is 0.353 e. The Morgan fingerprint density at radius 2 is 1.91 bits per heavy atom. The second-order valence-electron chi connectivity index (χ2n) is 4.55. The molecule has 1 aromatic heterocycles. The molecule has 22 heavy (non-hydrogen) atoms. The van der Waals surface area contributed by atoms with E-state index in [9.17, 15) is 10.1 Å². The number of anilines is 2. The minimum Gasteiger partial charge on any atom is -0.364 e. The van der Waals surface area contributed by atoms with E-state index in [4.69, 9.17) is 11.6 Å². The lowest BCUT2D eigenvalue weighted by Gasteiger charge is -2.10. The molecule has 0 unspecified atom stereocenters. The fourth-order valence-electron chi connectivity index (χ4n) is 1.87. The number of nitrogens with one attached hydrogen (secondary N) is 2. The summed E-state index contributed by atoms with van der Waals surface area (Å²) in [6.45, 7) is 2.91. The van der Waals surface area contributed by atoms with Crippen molar-refractivity contribution in [2.75, 3.05) is 17.2 Å². The van der Waals surface area contributed by atoms with Crippen LogP contribution in [0.2, 0.25) is 5.02 Å². The second kappa shape index (κ2) is 7.56. The maximum absolute atomic E-state index is 11.3. The van der Waals surface area contributed by atoms with E-state index in [0.29, 0.717) is 18.1 Å². The van der Waals surface area contributed by atoms with Gasteiger partial charge in [0.2, 0.25) is 11.6 Å². The molecule has 7 nitrogen and oxygen atoms in total. The highest BCUT2D eigenvalue weighted by molar-refractivity contribution is 6.31. The van der Waals surface area contributed by atoms with E-state index in [-0.39, 0.29) is 17.3 Å². The highest BCUT2D eigenvalue weighted by atomic mass is 35.5. The zero-order valence-corrected chi connectivity index (χ0v) is 12.8. The Morgan fingerprint density at radius 1 is 1.23 bits per heavy atom. The van der Waals surface area contributed by atoms with E-state index in [1.165, 1.54) is 6.33 Å². The third-order valence-electron chi connectivity index (χ3n) is 2.95. The maximum atomic E-state index is 11.3. The standard InChI is InChI=1S/C14H16ClN5O2/c1-2-7-16-13-12(20(21)22)14(19-9-18-13)17-8-10-5-3-4-6-11(10)15/h3-6,9H,2,7-8H2,1H3,(H2,16,17,18,19). The quantitative estimate of drug-likeness (QED) is 0.599. The van der Waals surface area contributed by atoms with Gasteiger partial charge in [-0.15, -0.1) is 0 Å². The van der Waals surface area contributed by atoms with E-state index >= 15 is 0 Å². The molecule has 0 fully saturated rings. The topological polar surface area (TPSA) is 93.0 Å². The predicted octanol–water partition coefficient (Wildman–Crippen LogP) is 3.47. The predicted molar refractivity (Wildman–Crippen MR) is 86.2 cm³/mol. The van der Waals surface area contributed by atoms with Crippen LogP contribution in [0.25, 0.3) is 0 Å². The van der Waals surface area contributed by atoms with Crippen LogP contribution in [0.5, 0.6) is 0 Å². The van der Waals surface area contributed by atoms with Gasteiger partial charge in [-0.05, 0) is 18.1 Å². The summed E-state index contributed by atoms with van der Waals surface area (Å²) >= 11 is 6.07. The third-order valence-corrected chi connectivity index (χ3v) is 3.32. The summed E-state index contributed by atoms with van der Waals surface area (Å²) in [6, 6.07) is 7.29. The Kier molecular flexibility index (Phi) is 5.48. The number of benzene rings is 1. The van der Waals surface area contributed by atoms with Crippen LogP contribution < -0.4 is 10.6 Å². The average Bonchev–Trinajstić information content (AvgIpc) is 2.51. The van der Waals surface area contributed by atoms with Crippen molar-refractivity contribution >= 4 is 28.9 Å². The molecule has 0 radical (unpaired) electrons. The van der Waals surface area contributed by atoms with Crippen LogP contribution in [-0.2, 0) is 6.54 Å². The molecule has 0 saturated heterocycles. The van der Waals surface area contributed by atoms with Crippen LogP contribution in [-0.4, -0.2) is 21.4 Å². The van der Waals surface area contributed by atoms with Gasteiger partial charge in [0.05, 0.1) is 4.92 Å². The van der Waals surface area contributed by atoms with Crippen molar-refractivity contribution in [2.24, 2.45) is 0 Å². The van der Waals surface area contributed by atoms with Crippen molar-refractivity contribution in [2.45, 2.75) is 19.9 Å². The van der Waals surface area contributed by atoms with Crippen LogP contribution in [0.3, 0.4) is 0 Å². The van der Waals surface area contributed by atoms with Crippen LogP contribution in [0, 0.1) is 10.1 Å². The molecular weight excluding hydrogens is 306 g/mol. The first kappa shape index (κ1) is 16.0. The Hall–Kier alpha value is -2.41. The molecule has 2 rings (SSSR count). The third kappa shape index (κ3) is 3.82. The molecular formula is C14H16ClN5O2. The molecule has 0 saturated carbocycles. The van der Waals surface area contributed by atoms with Gasteiger partial charge in [0.25, 0.3) is 0 Å². The largest absolute Gasteiger partial charge is 0.364 e. The summed E-state index contributed by atoms with van der Waals surface area (Å²) in [5, 5.41) is 17.8. The van der Waals surface area contributed by atoms with Gasteiger partial charge >= 0.3 is 5.69 Å². The Balaban J connectivity index is 2.23. The van der Waals surface area contributed by atoms with Crippen LogP contribution in [0.15, 0.2) is 30.6 Å². The lowest BCUT2D eigenvalue weighted by molar-refractivity contribution is -0.383. The van der Waals surface area contributed by atoms with E-state index in [1.807, 2.05) is 25.1 Å². The van der Waals surface area contributed by atoms with Gasteiger partial charge in [0.15, 0.2) is 0 Å². The Bertz CT molecular complexity index is 665. The van der Waals surface area contributed by atoms with E-state index in [2.05, 4.69) is 20.6 Å². The minimum atomic E-state index is -0.493. The monoisotopic (exact) mass is 321 g/mol. The van der Waals surface area contributed by atoms with Crippen molar-refractivity contribution in [3.05, 3.63) is 51.3 Å². The highest BCUT2D eigenvalue weighted by Crippen LogP contribution is 2.29. The van der Waals surface area contributed by atoms with Crippen molar-refractivity contribution in [1.82, 2.24) is 9.97 Å². The number of nitro groups is 1. The van der Waals surface area contributed by atoms with Gasteiger partial charge in [-0.25, -0.2) is 9.97 Å². The Labute approximate surface area is 132 Å². The summed E-state index contributed by atoms with van der Waals surface area (Å²) in [7, 11) is 0. The number of aromatic nitrogens is 2. The number of rotatable bonds is 7. The van der Waals surface area contributed by atoms with Crippen LogP contribution in [0.4, 0.5) is 17.3 Å². The number of halogens is 1. The molecule has 0 aliphatic carbocycles. The van der Waals surface area contributed by atoms with Gasteiger partial charge in [0, 0.05) is 18.1 Å². The SMILES string of the molecule is CCCNc1ncnc(NCc2ccccc2Cl)c1[N+](=O)[O-]. The van der Waals surface area contributed by atoms with Crippen molar-refractivity contribution in [1.29, 1.82) is 0 Å². The first-order valence-corrected chi connectivity index (χ1v) is 7.21. The number of nitrogens with zero attached hydrogens (tertiary/aromatic N) is 3. The molecule has 2 aromatic rings. The molecule has 0 atom stereocenters. The van der Waals surface area contributed by atoms with Gasteiger partial charge in [0.1, 0.15) is 6.33 Å². The molecule has 2 N–H and O–H groups in total. The molecule has 1 aromatic carbocycles. The zero-order valence-electron chi connectivity index (χ0n) is 12.0. The second-order valence-corrected chi connectivity index (χ2v) is 4.96. The fraction of sp³-hybridized carbons (Fsp3) is 0.286. The minimum absolute atomic E-state index is 0.164. The van der Waals surface area contributed by atoms with Crippen molar-refractivity contribution < 1.29 is 4.92 Å². The van der Waals surface area contributed by atoms with E-state index < -0.39 is 4.92 Å². The van der Waals surface area contributed by atoms with Crippen molar-refractivity contribution in [3.8, 4) is 0 Å². The molecule has 0 bridgehead atoms. The van der Waals surface area contributed by atoms with Crippen LogP contribution in [0.1, 0.15) is 18.9 Å². The maximum Gasteiger partial charge on any atom is 0.353 e. The van der Waals surface area contributed by atoms with E-state index in [0.717, 1.165) is 12.0 Å². The lowest BCUT2D eigenvalue weighted by atomic mass is 10.2. The Morgan fingerprint density at radius 3 is 2.55 bits per heavy atom.